The highest BCUT2D eigenvalue weighted by Crippen LogP contribution is 2.28. The molecule has 2 atom stereocenters. The van der Waals surface area contributed by atoms with E-state index >= 15 is 0 Å². The van der Waals surface area contributed by atoms with Gasteiger partial charge in [-0.25, -0.2) is 8.78 Å². The predicted octanol–water partition coefficient (Wildman–Crippen LogP) is 3.56. The van der Waals surface area contributed by atoms with Crippen LogP contribution in [0.3, 0.4) is 0 Å². The molecule has 1 amide bonds. The summed E-state index contributed by atoms with van der Waals surface area (Å²) in [7, 11) is 0. The molecule has 2 unspecified atom stereocenters. The van der Waals surface area contributed by atoms with Gasteiger partial charge in [-0.2, -0.15) is 0 Å². The molecule has 2 aromatic carbocycles. The van der Waals surface area contributed by atoms with Gasteiger partial charge in [0.2, 0.25) is 0 Å². The number of hydrogen-bond donors (Lipinski definition) is 0. The number of ketones is 1. The van der Waals surface area contributed by atoms with E-state index in [-0.39, 0.29) is 29.3 Å². The van der Waals surface area contributed by atoms with Gasteiger partial charge in [-0.05, 0) is 54.4 Å². The Kier molecular flexibility index (Phi) is 4.42. The molecule has 0 radical (unpaired) electrons. The number of carbonyl (C=O) groups is 2. The standard InChI is InChI=1S/C19H17F2NO2/c1-12-10-22(19(24)14-4-8-16(21)9-5-14)11-17(12)18(23)13-2-6-15(20)7-3-13/h2-9,12,17H,10-11H2,1H3. The lowest BCUT2D eigenvalue weighted by Crippen LogP contribution is -2.30. The average molecular weight is 329 g/mol. The number of likely N-dealkylation sites (tertiary alicyclic amines) is 1. The lowest BCUT2D eigenvalue weighted by molar-refractivity contribution is 0.0779. The summed E-state index contributed by atoms with van der Waals surface area (Å²) in [6, 6.07) is 10.8. The molecule has 2 aromatic rings. The van der Waals surface area contributed by atoms with Crippen LogP contribution in [-0.2, 0) is 0 Å². The zero-order chi connectivity index (χ0) is 17.3. The third kappa shape index (κ3) is 3.20. The minimum absolute atomic E-state index is 0.00644. The molecule has 0 N–H and O–H groups in total. The summed E-state index contributed by atoms with van der Waals surface area (Å²) in [4.78, 5) is 26.7. The molecular weight excluding hydrogens is 312 g/mol. The first-order valence-electron chi connectivity index (χ1n) is 7.80. The summed E-state index contributed by atoms with van der Waals surface area (Å²) in [6.07, 6.45) is 0. The number of rotatable bonds is 3. The van der Waals surface area contributed by atoms with Crippen molar-refractivity contribution in [2.45, 2.75) is 6.92 Å². The van der Waals surface area contributed by atoms with Crippen LogP contribution in [0.5, 0.6) is 0 Å². The SMILES string of the molecule is CC1CN(C(=O)c2ccc(F)cc2)CC1C(=O)c1ccc(F)cc1. The van der Waals surface area contributed by atoms with E-state index in [9.17, 15) is 18.4 Å². The van der Waals surface area contributed by atoms with Crippen LogP contribution in [0.2, 0.25) is 0 Å². The lowest BCUT2D eigenvalue weighted by atomic mass is 9.90. The topological polar surface area (TPSA) is 37.4 Å². The fraction of sp³-hybridized carbons (Fsp3) is 0.263. The quantitative estimate of drug-likeness (QED) is 0.808. The molecule has 1 saturated heterocycles. The molecule has 3 nitrogen and oxygen atoms in total. The van der Waals surface area contributed by atoms with Crippen molar-refractivity contribution in [3.8, 4) is 0 Å². The highest BCUT2D eigenvalue weighted by molar-refractivity contribution is 6.00. The smallest absolute Gasteiger partial charge is 0.253 e. The van der Waals surface area contributed by atoms with Gasteiger partial charge in [0.1, 0.15) is 11.6 Å². The molecular formula is C19H17F2NO2. The summed E-state index contributed by atoms with van der Waals surface area (Å²) in [5, 5.41) is 0. The molecule has 0 bridgehead atoms. The number of carbonyl (C=O) groups excluding carboxylic acids is 2. The average Bonchev–Trinajstić information content (AvgIpc) is 2.97. The molecule has 1 heterocycles. The molecule has 124 valence electrons. The van der Waals surface area contributed by atoms with Gasteiger partial charge in [-0.3, -0.25) is 9.59 Å². The second-order valence-corrected chi connectivity index (χ2v) is 6.17. The number of nitrogens with zero attached hydrogens (tertiary/aromatic N) is 1. The van der Waals surface area contributed by atoms with Gasteiger partial charge in [0.25, 0.3) is 5.91 Å². The van der Waals surface area contributed by atoms with E-state index in [2.05, 4.69) is 0 Å². The van der Waals surface area contributed by atoms with Gasteiger partial charge in [-0.1, -0.05) is 6.92 Å². The Morgan fingerprint density at radius 1 is 0.875 bits per heavy atom. The minimum atomic E-state index is -0.397. The van der Waals surface area contributed by atoms with Crippen molar-refractivity contribution in [3.63, 3.8) is 0 Å². The minimum Gasteiger partial charge on any atom is -0.338 e. The second-order valence-electron chi connectivity index (χ2n) is 6.17. The fourth-order valence-corrected chi connectivity index (χ4v) is 3.08. The number of benzene rings is 2. The van der Waals surface area contributed by atoms with Crippen molar-refractivity contribution in [2.75, 3.05) is 13.1 Å². The third-order valence-corrected chi connectivity index (χ3v) is 4.46. The maximum absolute atomic E-state index is 13.0. The van der Waals surface area contributed by atoms with Crippen LogP contribution in [-0.4, -0.2) is 29.7 Å². The molecule has 0 aromatic heterocycles. The third-order valence-electron chi connectivity index (χ3n) is 4.46. The van der Waals surface area contributed by atoms with Gasteiger partial charge < -0.3 is 4.90 Å². The summed E-state index contributed by atoms with van der Waals surface area (Å²) in [5.74, 6) is -1.40. The molecule has 0 spiro atoms. The normalized spacial score (nSPS) is 20.2. The monoisotopic (exact) mass is 329 g/mol. The van der Waals surface area contributed by atoms with E-state index in [0.29, 0.717) is 24.2 Å². The fourth-order valence-electron chi connectivity index (χ4n) is 3.08. The van der Waals surface area contributed by atoms with Crippen molar-refractivity contribution in [1.82, 2.24) is 4.90 Å². The Labute approximate surface area is 138 Å². The Morgan fingerprint density at radius 2 is 1.38 bits per heavy atom. The van der Waals surface area contributed by atoms with Crippen LogP contribution >= 0.6 is 0 Å². The summed E-state index contributed by atoms with van der Waals surface area (Å²) in [5.41, 5.74) is 0.850. The van der Waals surface area contributed by atoms with Gasteiger partial charge in [-0.15, -0.1) is 0 Å². The largest absolute Gasteiger partial charge is 0.338 e. The maximum atomic E-state index is 13.0. The Morgan fingerprint density at radius 3 is 1.92 bits per heavy atom. The molecule has 0 aliphatic carbocycles. The lowest BCUT2D eigenvalue weighted by Gasteiger charge is -2.16. The highest BCUT2D eigenvalue weighted by Gasteiger charge is 2.37. The first-order valence-corrected chi connectivity index (χ1v) is 7.80. The van der Waals surface area contributed by atoms with Crippen molar-refractivity contribution >= 4 is 11.7 Å². The van der Waals surface area contributed by atoms with Crippen LogP contribution in [0.25, 0.3) is 0 Å². The molecule has 5 heteroatoms. The maximum Gasteiger partial charge on any atom is 0.253 e. The first-order chi connectivity index (χ1) is 11.5. The van der Waals surface area contributed by atoms with E-state index in [1.807, 2.05) is 6.92 Å². The van der Waals surface area contributed by atoms with Crippen molar-refractivity contribution in [2.24, 2.45) is 11.8 Å². The van der Waals surface area contributed by atoms with Gasteiger partial charge in [0.05, 0.1) is 0 Å². The number of hydrogen-bond acceptors (Lipinski definition) is 2. The number of amides is 1. The molecule has 1 aliphatic rings. The number of Topliss-reactive ketones (excluding diaryl/α,β-unsaturated/α-hetero) is 1. The Balaban J connectivity index is 1.74. The van der Waals surface area contributed by atoms with Crippen LogP contribution < -0.4 is 0 Å². The molecule has 3 rings (SSSR count). The zero-order valence-electron chi connectivity index (χ0n) is 13.2. The first kappa shape index (κ1) is 16.3. The van der Waals surface area contributed by atoms with Crippen LogP contribution in [0, 0.1) is 23.5 Å². The molecule has 1 aliphatic heterocycles. The van der Waals surface area contributed by atoms with Crippen molar-refractivity contribution in [3.05, 3.63) is 71.3 Å². The van der Waals surface area contributed by atoms with Gasteiger partial charge in [0.15, 0.2) is 5.78 Å². The Bertz CT molecular complexity index is 756. The van der Waals surface area contributed by atoms with Crippen molar-refractivity contribution < 1.29 is 18.4 Å². The summed E-state index contributed by atoms with van der Waals surface area (Å²) in [6.45, 7) is 2.70. The Hall–Kier alpha value is -2.56. The second kappa shape index (κ2) is 6.51. The summed E-state index contributed by atoms with van der Waals surface area (Å²) < 4.78 is 26.0. The van der Waals surface area contributed by atoms with Gasteiger partial charge >= 0.3 is 0 Å². The van der Waals surface area contributed by atoms with Crippen LogP contribution in [0.1, 0.15) is 27.6 Å². The zero-order valence-corrected chi connectivity index (χ0v) is 13.2. The molecule has 24 heavy (non-hydrogen) atoms. The van der Waals surface area contributed by atoms with Crippen LogP contribution in [0.15, 0.2) is 48.5 Å². The van der Waals surface area contributed by atoms with E-state index in [1.54, 1.807) is 4.90 Å². The van der Waals surface area contributed by atoms with E-state index in [1.165, 1.54) is 48.5 Å². The molecule has 1 fully saturated rings. The van der Waals surface area contributed by atoms with E-state index in [4.69, 9.17) is 0 Å². The van der Waals surface area contributed by atoms with E-state index in [0.717, 1.165) is 0 Å². The summed E-state index contributed by atoms with van der Waals surface area (Å²) >= 11 is 0. The highest BCUT2D eigenvalue weighted by atomic mass is 19.1. The van der Waals surface area contributed by atoms with E-state index < -0.39 is 5.82 Å². The number of halogens is 2. The van der Waals surface area contributed by atoms with Crippen molar-refractivity contribution in [1.29, 1.82) is 0 Å². The molecule has 0 saturated carbocycles. The van der Waals surface area contributed by atoms with Gasteiger partial charge in [0, 0.05) is 30.1 Å². The van der Waals surface area contributed by atoms with Crippen LogP contribution in [0.4, 0.5) is 8.78 Å². The predicted molar refractivity (Wildman–Crippen MR) is 85.7 cm³/mol.